The predicted molar refractivity (Wildman–Crippen MR) is 150 cm³/mol. The highest BCUT2D eigenvalue weighted by Crippen LogP contribution is 2.22. The lowest BCUT2D eigenvalue weighted by Gasteiger charge is -2.39. The maximum atomic E-state index is 12.4. The van der Waals surface area contributed by atoms with Crippen molar-refractivity contribution in [2.45, 2.75) is 134 Å². The van der Waals surface area contributed by atoms with Crippen molar-refractivity contribution in [3.8, 4) is 0 Å². The molecule has 0 aromatic carbocycles. The lowest BCUT2D eigenvalue weighted by molar-refractivity contribution is -0.305. The van der Waals surface area contributed by atoms with Crippen LogP contribution in [0.15, 0.2) is 24.3 Å². The van der Waals surface area contributed by atoms with Crippen LogP contribution in [-0.2, 0) is 28.5 Å². The lowest BCUT2D eigenvalue weighted by Crippen LogP contribution is -2.59. The molecule has 0 amide bonds. The number of ether oxygens (including phenoxy) is 4. The van der Waals surface area contributed by atoms with Crippen molar-refractivity contribution in [2.75, 3.05) is 19.8 Å². The van der Waals surface area contributed by atoms with E-state index in [-0.39, 0.29) is 26.1 Å². The molecule has 232 valence electrons. The molecule has 6 unspecified atom stereocenters. The summed E-state index contributed by atoms with van der Waals surface area (Å²) in [6.07, 6.45) is 12.3. The van der Waals surface area contributed by atoms with E-state index >= 15 is 0 Å². The fourth-order valence-electron chi connectivity index (χ4n) is 4.12. The third-order valence-corrected chi connectivity index (χ3v) is 6.56. The molecule has 1 fully saturated rings. The van der Waals surface area contributed by atoms with E-state index in [0.717, 1.165) is 44.9 Å². The number of carbonyl (C=O) groups is 2. The average molecular weight is 573 g/mol. The molecule has 40 heavy (non-hydrogen) atoms. The molecule has 1 heterocycles. The number of aliphatic hydroxyl groups is 4. The summed E-state index contributed by atoms with van der Waals surface area (Å²) in [4.78, 5) is 24.2. The second kappa shape index (κ2) is 22.8. The van der Waals surface area contributed by atoms with E-state index in [1.165, 1.54) is 12.8 Å². The van der Waals surface area contributed by atoms with Crippen molar-refractivity contribution in [1.29, 1.82) is 0 Å². The van der Waals surface area contributed by atoms with Gasteiger partial charge in [0.1, 0.15) is 31.0 Å². The van der Waals surface area contributed by atoms with E-state index in [9.17, 15) is 30.0 Å². The summed E-state index contributed by atoms with van der Waals surface area (Å²) in [5, 5.41) is 39.3. The first-order chi connectivity index (χ1) is 19.3. The first kappa shape index (κ1) is 36.2. The molecule has 10 heteroatoms. The number of hydrogen-bond donors (Lipinski definition) is 4. The number of allylic oxidation sites excluding steroid dienone is 4. The molecular formula is C30H52O10. The van der Waals surface area contributed by atoms with E-state index in [4.69, 9.17) is 18.9 Å². The van der Waals surface area contributed by atoms with Gasteiger partial charge >= 0.3 is 11.9 Å². The minimum Gasteiger partial charge on any atom is -0.462 e. The molecule has 4 N–H and O–H groups in total. The van der Waals surface area contributed by atoms with Crippen LogP contribution in [-0.4, -0.2) is 89.0 Å². The monoisotopic (exact) mass is 572 g/mol. The van der Waals surface area contributed by atoms with Gasteiger partial charge in [0, 0.05) is 12.8 Å². The molecule has 6 atom stereocenters. The maximum absolute atomic E-state index is 12.4. The number of unbranched alkanes of at least 4 members (excludes halogenated alkanes) is 7. The predicted octanol–water partition coefficient (Wildman–Crippen LogP) is 3.48. The van der Waals surface area contributed by atoms with Gasteiger partial charge in [0.25, 0.3) is 0 Å². The summed E-state index contributed by atoms with van der Waals surface area (Å²) < 4.78 is 21.5. The summed E-state index contributed by atoms with van der Waals surface area (Å²) in [5.74, 6) is -0.890. The van der Waals surface area contributed by atoms with Gasteiger partial charge in [0.05, 0.1) is 13.2 Å². The highest BCUT2D eigenvalue weighted by Gasteiger charge is 2.44. The Morgan fingerprint density at radius 2 is 1.45 bits per heavy atom. The van der Waals surface area contributed by atoms with Crippen LogP contribution < -0.4 is 0 Å². The molecule has 1 aliphatic rings. The molecule has 0 aromatic heterocycles. The summed E-state index contributed by atoms with van der Waals surface area (Å²) in [6, 6.07) is 0. The fraction of sp³-hybridized carbons (Fsp3) is 0.800. The summed E-state index contributed by atoms with van der Waals surface area (Å²) in [6.45, 7) is 2.93. The van der Waals surface area contributed by atoms with Crippen molar-refractivity contribution < 1.29 is 49.0 Å². The zero-order chi connectivity index (χ0) is 29.6. The summed E-state index contributed by atoms with van der Waals surface area (Å²) in [7, 11) is 0. The van der Waals surface area contributed by atoms with Gasteiger partial charge in [-0.2, -0.15) is 0 Å². The number of aliphatic hydroxyl groups excluding tert-OH is 4. The molecule has 0 bridgehead atoms. The van der Waals surface area contributed by atoms with Gasteiger partial charge in [-0.3, -0.25) is 9.59 Å². The zero-order valence-corrected chi connectivity index (χ0v) is 24.3. The summed E-state index contributed by atoms with van der Waals surface area (Å²) in [5.41, 5.74) is 0. The minimum atomic E-state index is -1.59. The standard InChI is InChI=1S/C30H52O10/c1-3-5-6-7-8-9-10-11-12-13-14-15-16-17-19-26(33)39-23(21-37-25(32)18-4-2)22-38-30-29(36)28(35)27(34)24(20-31)40-30/h7-8,10-11,23-24,27-31,34-36H,3-6,9,12-22H2,1-2H3/b8-7-,11-10-. The van der Waals surface area contributed by atoms with Crippen LogP contribution in [0.3, 0.4) is 0 Å². The number of rotatable bonds is 22. The third-order valence-electron chi connectivity index (χ3n) is 6.56. The molecule has 0 radical (unpaired) electrons. The smallest absolute Gasteiger partial charge is 0.306 e. The van der Waals surface area contributed by atoms with Crippen LogP contribution in [0, 0.1) is 0 Å². The Balaban J connectivity index is 2.36. The normalized spacial score (nSPS) is 24.0. The largest absolute Gasteiger partial charge is 0.462 e. The van der Waals surface area contributed by atoms with Gasteiger partial charge in [0.2, 0.25) is 0 Å². The van der Waals surface area contributed by atoms with E-state index in [1.807, 2.05) is 6.92 Å². The quantitative estimate of drug-likeness (QED) is 0.0862. The molecule has 0 aromatic rings. The van der Waals surface area contributed by atoms with E-state index in [2.05, 4.69) is 31.2 Å². The van der Waals surface area contributed by atoms with Crippen LogP contribution in [0.5, 0.6) is 0 Å². The van der Waals surface area contributed by atoms with Crippen molar-refractivity contribution in [1.82, 2.24) is 0 Å². The molecule has 0 saturated carbocycles. The fourth-order valence-corrected chi connectivity index (χ4v) is 4.12. The van der Waals surface area contributed by atoms with Crippen LogP contribution in [0.4, 0.5) is 0 Å². The Bertz CT molecular complexity index is 723. The van der Waals surface area contributed by atoms with Crippen LogP contribution in [0.2, 0.25) is 0 Å². The molecule has 0 spiro atoms. The highest BCUT2D eigenvalue weighted by molar-refractivity contribution is 5.70. The molecule has 0 aliphatic carbocycles. The first-order valence-electron chi connectivity index (χ1n) is 14.9. The van der Waals surface area contributed by atoms with Gasteiger partial charge in [-0.1, -0.05) is 70.3 Å². The van der Waals surface area contributed by atoms with Crippen LogP contribution >= 0.6 is 0 Å². The van der Waals surface area contributed by atoms with Crippen LogP contribution in [0.25, 0.3) is 0 Å². The number of carbonyl (C=O) groups excluding carboxylic acids is 2. The van der Waals surface area contributed by atoms with E-state index < -0.39 is 55.4 Å². The molecule has 1 rings (SSSR count). The molecule has 1 aliphatic heterocycles. The van der Waals surface area contributed by atoms with Crippen molar-refractivity contribution >= 4 is 11.9 Å². The average Bonchev–Trinajstić information content (AvgIpc) is 2.94. The lowest BCUT2D eigenvalue weighted by atomic mass is 9.99. The molecular weight excluding hydrogens is 520 g/mol. The highest BCUT2D eigenvalue weighted by atomic mass is 16.7. The van der Waals surface area contributed by atoms with Gasteiger partial charge in [-0.25, -0.2) is 0 Å². The van der Waals surface area contributed by atoms with Crippen molar-refractivity contribution in [2.24, 2.45) is 0 Å². The SMILES string of the molecule is CCCC/C=C\C/C=C\CCCCCCCC(=O)OC(COC(=O)CCC)COC1OC(CO)C(O)C(O)C1O. The second-order valence-electron chi connectivity index (χ2n) is 10.2. The third kappa shape index (κ3) is 15.8. The van der Waals surface area contributed by atoms with Gasteiger partial charge < -0.3 is 39.4 Å². The minimum absolute atomic E-state index is 0.212. The Kier molecular flexibility index (Phi) is 20.7. The first-order valence-corrected chi connectivity index (χ1v) is 14.9. The molecule has 1 saturated heterocycles. The maximum Gasteiger partial charge on any atom is 0.306 e. The van der Waals surface area contributed by atoms with Crippen molar-refractivity contribution in [3.05, 3.63) is 24.3 Å². The topological polar surface area (TPSA) is 152 Å². The Morgan fingerprint density at radius 1 is 0.775 bits per heavy atom. The van der Waals surface area contributed by atoms with Gasteiger partial charge in [0.15, 0.2) is 12.4 Å². The number of esters is 2. The van der Waals surface area contributed by atoms with E-state index in [1.54, 1.807) is 0 Å². The summed E-state index contributed by atoms with van der Waals surface area (Å²) >= 11 is 0. The van der Waals surface area contributed by atoms with E-state index in [0.29, 0.717) is 12.8 Å². The second-order valence-corrected chi connectivity index (χ2v) is 10.2. The Hall–Kier alpha value is -1.82. The Morgan fingerprint density at radius 3 is 2.12 bits per heavy atom. The van der Waals surface area contributed by atoms with Gasteiger partial charge in [-0.05, 0) is 38.5 Å². The Labute approximate surface area is 239 Å². The van der Waals surface area contributed by atoms with Crippen LogP contribution in [0.1, 0.15) is 97.3 Å². The molecule has 10 nitrogen and oxygen atoms in total. The van der Waals surface area contributed by atoms with Gasteiger partial charge in [-0.15, -0.1) is 0 Å². The zero-order valence-electron chi connectivity index (χ0n) is 24.3. The number of hydrogen-bond acceptors (Lipinski definition) is 10. The van der Waals surface area contributed by atoms with Crippen molar-refractivity contribution in [3.63, 3.8) is 0 Å².